The lowest BCUT2D eigenvalue weighted by Gasteiger charge is -2.40. The Bertz CT molecular complexity index is 821. The lowest BCUT2D eigenvalue weighted by Crippen LogP contribution is -2.32. The van der Waals surface area contributed by atoms with Crippen molar-refractivity contribution >= 4 is 29.1 Å². The van der Waals surface area contributed by atoms with E-state index in [1.165, 1.54) is 5.56 Å². The summed E-state index contributed by atoms with van der Waals surface area (Å²) < 4.78 is 5.29. The average molecular weight is 390 g/mol. The maximum absolute atomic E-state index is 12.3. The van der Waals surface area contributed by atoms with Gasteiger partial charge in [-0.2, -0.15) is 0 Å². The van der Waals surface area contributed by atoms with Crippen molar-refractivity contribution in [1.82, 2.24) is 5.32 Å². The number of rotatable bonds is 3. The minimum atomic E-state index is 0.0870. The van der Waals surface area contributed by atoms with Gasteiger partial charge in [0.2, 0.25) is 5.91 Å². The number of benzene rings is 2. The molecule has 1 saturated heterocycles. The first kappa shape index (κ1) is 17.7. The molecular formula is C21H21Cl2NO2. The SMILES string of the molecule is COc1ccc([C@@H]2CC[C@H]3C(=O)NC[C@H]3[C@H]2c2ccc(Cl)cc2)c(Cl)c1. The number of carbonyl (C=O) groups excluding carboxylic acids is 1. The summed E-state index contributed by atoms with van der Waals surface area (Å²) in [5, 5.41) is 4.51. The maximum atomic E-state index is 12.3. The molecule has 4 atom stereocenters. The summed E-state index contributed by atoms with van der Waals surface area (Å²) in [5.74, 6) is 1.81. The number of hydrogen-bond acceptors (Lipinski definition) is 2. The van der Waals surface area contributed by atoms with Gasteiger partial charge in [0.15, 0.2) is 0 Å². The number of halogens is 2. The molecule has 1 aliphatic heterocycles. The number of hydrogen-bond donors (Lipinski definition) is 1. The zero-order chi connectivity index (χ0) is 18.3. The van der Waals surface area contributed by atoms with Gasteiger partial charge in [0.25, 0.3) is 0 Å². The first-order chi connectivity index (χ1) is 12.6. The van der Waals surface area contributed by atoms with E-state index in [1.54, 1.807) is 7.11 Å². The van der Waals surface area contributed by atoms with Gasteiger partial charge >= 0.3 is 0 Å². The van der Waals surface area contributed by atoms with E-state index in [2.05, 4.69) is 23.5 Å². The van der Waals surface area contributed by atoms with E-state index < -0.39 is 0 Å². The van der Waals surface area contributed by atoms with Gasteiger partial charge in [-0.1, -0.05) is 41.4 Å². The van der Waals surface area contributed by atoms with Crippen molar-refractivity contribution in [2.75, 3.05) is 13.7 Å². The fraction of sp³-hybridized carbons (Fsp3) is 0.381. The van der Waals surface area contributed by atoms with Crippen molar-refractivity contribution in [2.24, 2.45) is 11.8 Å². The van der Waals surface area contributed by atoms with Crippen molar-refractivity contribution in [2.45, 2.75) is 24.7 Å². The highest BCUT2D eigenvalue weighted by Gasteiger charge is 2.47. The molecule has 1 aliphatic carbocycles. The fourth-order valence-electron chi connectivity index (χ4n) is 4.69. The standard InChI is InChI=1S/C21H21Cl2NO2/c1-26-14-6-7-15(19(23)10-14)16-8-9-17-18(11-24-21(17)25)20(16)12-2-4-13(22)5-3-12/h2-7,10,16-18,20H,8-9,11H2,1H3,(H,24,25)/t16-,17+,18+,20-/m0/s1. The van der Waals surface area contributed by atoms with E-state index in [4.69, 9.17) is 27.9 Å². The fourth-order valence-corrected chi connectivity index (χ4v) is 5.13. The second-order valence-corrected chi connectivity index (χ2v) is 8.01. The van der Waals surface area contributed by atoms with E-state index >= 15 is 0 Å². The Morgan fingerprint density at radius 2 is 1.77 bits per heavy atom. The zero-order valence-electron chi connectivity index (χ0n) is 14.5. The molecule has 0 spiro atoms. The number of amides is 1. The van der Waals surface area contributed by atoms with E-state index in [0.29, 0.717) is 0 Å². The number of carbonyl (C=O) groups is 1. The largest absolute Gasteiger partial charge is 0.497 e. The van der Waals surface area contributed by atoms with Crippen molar-refractivity contribution < 1.29 is 9.53 Å². The summed E-state index contributed by atoms with van der Waals surface area (Å²) in [6.07, 6.45) is 1.83. The molecule has 0 aromatic heterocycles. The summed E-state index contributed by atoms with van der Waals surface area (Å²) in [5.41, 5.74) is 2.35. The van der Waals surface area contributed by atoms with Crippen LogP contribution in [-0.4, -0.2) is 19.6 Å². The lowest BCUT2D eigenvalue weighted by molar-refractivity contribution is -0.123. The van der Waals surface area contributed by atoms with Crippen LogP contribution in [0.15, 0.2) is 42.5 Å². The minimum absolute atomic E-state index is 0.0870. The smallest absolute Gasteiger partial charge is 0.223 e. The van der Waals surface area contributed by atoms with Crippen molar-refractivity contribution in [3.63, 3.8) is 0 Å². The van der Waals surface area contributed by atoms with E-state index in [-0.39, 0.29) is 29.6 Å². The quantitative estimate of drug-likeness (QED) is 0.799. The van der Waals surface area contributed by atoms with Gasteiger partial charge in [0, 0.05) is 22.5 Å². The predicted octanol–water partition coefficient (Wildman–Crippen LogP) is 5.03. The third-order valence-corrected chi connectivity index (χ3v) is 6.49. The van der Waals surface area contributed by atoms with Crippen LogP contribution < -0.4 is 10.1 Å². The summed E-state index contributed by atoms with van der Waals surface area (Å²) in [6.45, 7) is 0.723. The highest BCUT2D eigenvalue weighted by Crippen LogP contribution is 2.52. The van der Waals surface area contributed by atoms with Gasteiger partial charge in [-0.15, -0.1) is 0 Å². The van der Waals surface area contributed by atoms with Crippen LogP contribution >= 0.6 is 23.2 Å². The summed E-state index contributed by atoms with van der Waals surface area (Å²) >= 11 is 12.7. The van der Waals surface area contributed by atoms with Crippen LogP contribution in [0.4, 0.5) is 0 Å². The van der Waals surface area contributed by atoms with E-state index in [9.17, 15) is 4.79 Å². The topological polar surface area (TPSA) is 38.3 Å². The molecule has 2 aliphatic rings. The van der Waals surface area contributed by atoms with E-state index in [0.717, 1.165) is 40.7 Å². The molecule has 0 bridgehead atoms. The second-order valence-electron chi connectivity index (χ2n) is 7.16. The Hall–Kier alpha value is -1.71. The molecule has 1 heterocycles. The minimum Gasteiger partial charge on any atom is -0.497 e. The number of nitrogens with one attached hydrogen (secondary N) is 1. The first-order valence-corrected chi connectivity index (χ1v) is 9.70. The molecule has 1 saturated carbocycles. The Balaban J connectivity index is 1.77. The maximum Gasteiger partial charge on any atom is 0.223 e. The Morgan fingerprint density at radius 1 is 1.04 bits per heavy atom. The van der Waals surface area contributed by atoms with Crippen molar-refractivity contribution in [3.05, 3.63) is 63.6 Å². The number of methoxy groups -OCH3 is 1. The third-order valence-electron chi connectivity index (χ3n) is 5.91. The molecule has 4 rings (SSSR count). The van der Waals surface area contributed by atoms with Gasteiger partial charge in [-0.3, -0.25) is 4.79 Å². The highest BCUT2D eigenvalue weighted by atomic mass is 35.5. The Kier molecular flexibility index (Phi) is 4.85. The van der Waals surface area contributed by atoms with Gasteiger partial charge in [0.05, 0.1) is 7.11 Å². The summed E-state index contributed by atoms with van der Waals surface area (Å²) in [6, 6.07) is 13.9. The molecule has 1 N–H and O–H groups in total. The van der Waals surface area contributed by atoms with Crippen LogP contribution in [0.1, 0.15) is 35.8 Å². The van der Waals surface area contributed by atoms with Crippen molar-refractivity contribution in [1.29, 1.82) is 0 Å². The Morgan fingerprint density at radius 3 is 2.46 bits per heavy atom. The Labute approximate surface area is 163 Å². The molecule has 5 heteroatoms. The molecule has 136 valence electrons. The number of fused-ring (bicyclic) bond motifs is 1. The van der Waals surface area contributed by atoms with Crippen LogP contribution in [0.2, 0.25) is 10.0 Å². The van der Waals surface area contributed by atoms with Crippen LogP contribution in [0.3, 0.4) is 0 Å². The lowest BCUT2D eigenvalue weighted by atomic mass is 9.63. The molecule has 0 unspecified atom stereocenters. The zero-order valence-corrected chi connectivity index (χ0v) is 16.1. The number of ether oxygens (including phenoxy) is 1. The predicted molar refractivity (Wildman–Crippen MR) is 104 cm³/mol. The monoisotopic (exact) mass is 389 g/mol. The summed E-state index contributed by atoms with van der Waals surface area (Å²) in [4.78, 5) is 12.3. The van der Waals surface area contributed by atoms with Gasteiger partial charge in [0.1, 0.15) is 5.75 Å². The van der Waals surface area contributed by atoms with Gasteiger partial charge in [-0.25, -0.2) is 0 Å². The summed E-state index contributed by atoms with van der Waals surface area (Å²) in [7, 11) is 1.64. The molecule has 3 nitrogen and oxygen atoms in total. The first-order valence-electron chi connectivity index (χ1n) is 8.95. The molecule has 0 radical (unpaired) electrons. The van der Waals surface area contributed by atoms with Crippen LogP contribution in [0.25, 0.3) is 0 Å². The van der Waals surface area contributed by atoms with Crippen LogP contribution in [0, 0.1) is 11.8 Å². The highest BCUT2D eigenvalue weighted by molar-refractivity contribution is 6.31. The van der Waals surface area contributed by atoms with Crippen molar-refractivity contribution in [3.8, 4) is 5.75 Å². The van der Waals surface area contributed by atoms with E-state index in [1.807, 2.05) is 24.3 Å². The normalized spacial score (nSPS) is 27.7. The third kappa shape index (κ3) is 3.08. The molecule has 1 amide bonds. The van der Waals surface area contributed by atoms with Crippen LogP contribution in [0.5, 0.6) is 5.75 Å². The van der Waals surface area contributed by atoms with Crippen LogP contribution in [-0.2, 0) is 4.79 Å². The molecule has 2 aromatic rings. The molecule has 2 aromatic carbocycles. The molecule has 2 fully saturated rings. The van der Waals surface area contributed by atoms with Gasteiger partial charge < -0.3 is 10.1 Å². The second kappa shape index (κ2) is 7.13. The average Bonchev–Trinajstić information content (AvgIpc) is 3.03. The molecule has 26 heavy (non-hydrogen) atoms. The molecular weight excluding hydrogens is 369 g/mol. The van der Waals surface area contributed by atoms with Gasteiger partial charge in [-0.05, 0) is 66.0 Å².